The number of amides is 1. The summed E-state index contributed by atoms with van der Waals surface area (Å²) in [6.45, 7) is 0. The average molecular weight is 229 g/mol. The molecule has 0 unspecified atom stereocenters. The molecule has 0 bridgehead atoms. The van der Waals surface area contributed by atoms with Crippen molar-refractivity contribution in [2.24, 2.45) is 5.41 Å². The number of hydroxylamine groups is 2. The van der Waals surface area contributed by atoms with Crippen molar-refractivity contribution in [3.63, 3.8) is 0 Å². The van der Waals surface area contributed by atoms with E-state index < -0.39 is 5.97 Å². The molecule has 16 heavy (non-hydrogen) atoms. The lowest BCUT2D eigenvalue weighted by Gasteiger charge is -2.28. The van der Waals surface area contributed by atoms with Crippen LogP contribution in [-0.4, -0.2) is 36.2 Å². The van der Waals surface area contributed by atoms with Gasteiger partial charge in [0.25, 0.3) is 0 Å². The fraction of sp³-hybridized carbons (Fsp3) is 0.818. The van der Waals surface area contributed by atoms with E-state index in [1.54, 1.807) is 7.05 Å². The summed E-state index contributed by atoms with van der Waals surface area (Å²) in [7, 11) is 2.97. The number of carbonyl (C=O) groups is 2. The van der Waals surface area contributed by atoms with Crippen molar-refractivity contribution in [2.75, 3.05) is 14.2 Å². The van der Waals surface area contributed by atoms with Crippen LogP contribution in [-0.2, 0) is 14.4 Å². The summed E-state index contributed by atoms with van der Waals surface area (Å²) < 4.78 is 0. The van der Waals surface area contributed by atoms with Gasteiger partial charge in [0.15, 0.2) is 0 Å². The maximum Gasteiger partial charge on any atom is 0.303 e. The SMILES string of the molecule is CON(C)C(=O)CC1(CC(=O)O)CCCC1. The molecule has 5 nitrogen and oxygen atoms in total. The Morgan fingerprint density at radius 1 is 1.31 bits per heavy atom. The van der Waals surface area contributed by atoms with E-state index in [-0.39, 0.29) is 24.2 Å². The quantitative estimate of drug-likeness (QED) is 0.724. The molecule has 0 spiro atoms. The molecule has 1 amide bonds. The van der Waals surface area contributed by atoms with Gasteiger partial charge in [-0.2, -0.15) is 0 Å². The Kier molecular flexibility index (Phi) is 4.29. The molecule has 0 saturated heterocycles. The molecule has 5 heteroatoms. The molecule has 1 N–H and O–H groups in total. The molecule has 0 atom stereocenters. The second kappa shape index (κ2) is 5.30. The highest BCUT2D eigenvalue weighted by atomic mass is 16.7. The maximum absolute atomic E-state index is 11.7. The van der Waals surface area contributed by atoms with Crippen molar-refractivity contribution in [3.8, 4) is 0 Å². The van der Waals surface area contributed by atoms with Crippen LogP contribution in [0.15, 0.2) is 0 Å². The van der Waals surface area contributed by atoms with E-state index in [0.717, 1.165) is 25.7 Å². The van der Waals surface area contributed by atoms with Crippen LogP contribution < -0.4 is 0 Å². The van der Waals surface area contributed by atoms with Gasteiger partial charge in [-0.05, 0) is 18.3 Å². The highest BCUT2D eigenvalue weighted by Gasteiger charge is 2.38. The summed E-state index contributed by atoms with van der Waals surface area (Å²) in [6.07, 6.45) is 4.01. The first-order valence-corrected chi connectivity index (χ1v) is 5.51. The third kappa shape index (κ3) is 3.20. The maximum atomic E-state index is 11.7. The van der Waals surface area contributed by atoms with Crippen molar-refractivity contribution < 1.29 is 19.5 Å². The first-order chi connectivity index (χ1) is 7.49. The van der Waals surface area contributed by atoms with E-state index in [0.29, 0.717) is 0 Å². The van der Waals surface area contributed by atoms with Crippen LogP contribution in [0, 0.1) is 5.41 Å². The van der Waals surface area contributed by atoms with Crippen molar-refractivity contribution in [3.05, 3.63) is 0 Å². The Labute approximate surface area is 95.3 Å². The van der Waals surface area contributed by atoms with Gasteiger partial charge in [-0.3, -0.25) is 14.4 Å². The second-order valence-corrected chi connectivity index (χ2v) is 4.53. The number of carboxylic acid groups (broad SMARTS) is 1. The molecule has 0 radical (unpaired) electrons. The van der Waals surface area contributed by atoms with E-state index in [1.165, 1.54) is 12.2 Å². The van der Waals surface area contributed by atoms with Gasteiger partial charge in [-0.15, -0.1) is 0 Å². The van der Waals surface area contributed by atoms with Crippen LogP contribution in [0.25, 0.3) is 0 Å². The number of hydrogen-bond donors (Lipinski definition) is 1. The minimum absolute atomic E-state index is 0.0797. The summed E-state index contributed by atoms with van der Waals surface area (Å²) in [6, 6.07) is 0. The van der Waals surface area contributed by atoms with E-state index in [1.807, 2.05) is 0 Å². The Morgan fingerprint density at radius 3 is 2.31 bits per heavy atom. The Bertz CT molecular complexity index is 271. The molecule has 0 aliphatic heterocycles. The largest absolute Gasteiger partial charge is 0.481 e. The van der Waals surface area contributed by atoms with Gasteiger partial charge < -0.3 is 5.11 Å². The van der Waals surface area contributed by atoms with Gasteiger partial charge in [0, 0.05) is 13.5 Å². The van der Waals surface area contributed by atoms with Crippen LogP contribution in [0.5, 0.6) is 0 Å². The zero-order valence-electron chi connectivity index (χ0n) is 9.86. The average Bonchev–Trinajstić information content (AvgIpc) is 2.63. The monoisotopic (exact) mass is 229 g/mol. The zero-order valence-corrected chi connectivity index (χ0v) is 9.86. The van der Waals surface area contributed by atoms with Gasteiger partial charge >= 0.3 is 5.97 Å². The van der Waals surface area contributed by atoms with Gasteiger partial charge in [-0.25, -0.2) is 5.06 Å². The normalized spacial score (nSPS) is 18.4. The summed E-state index contributed by atoms with van der Waals surface area (Å²) in [5, 5.41) is 10.1. The molecule has 1 aliphatic carbocycles. The molecule has 0 aromatic rings. The number of carboxylic acids is 1. The van der Waals surface area contributed by atoms with Crippen molar-refractivity contribution in [1.29, 1.82) is 0 Å². The van der Waals surface area contributed by atoms with Crippen molar-refractivity contribution in [1.82, 2.24) is 5.06 Å². The van der Waals surface area contributed by atoms with E-state index >= 15 is 0 Å². The molecule has 1 saturated carbocycles. The fourth-order valence-electron chi connectivity index (χ4n) is 2.40. The molecular formula is C11H19NO4. The lowest BCUT2D eigenvalue weighted by atomic mass is 9.79. The lowest BCUT2D eigenvalue weighted by molar-refractivity contribution is -0.171. The third-order valence-corrected chi connectivity index (χ3v) is 3.34. The van der Waals surface area contributed by atoms with Gasteiger partial charge in [-0.1, -0.05) is 12.8 Å². The van der Waals surface area contributed by atoms with Gasteiger partial charge in [0.1, 0.15) is 0 Å². The Balaban J connectivity index is 2.64. The highest BCUT2D eigenvalue weighted by molar-refractivity contribution is 5.77. The number of hydrogen-bond acceptors (Lipinski definition) is 3. The van der Waals surface area contributed by atoms with Crippen LogP contribution in [0.1, 0.15) is 38.5 Å². The lowest BCUT2D eigenvalue weighted by Crippen LogP contribution is -2.32. The summed E-state index contributed by atoms with van der Waals surface area (Å²) in [5.41, 5.74) is -0.351. The standard InChI is InChI=1S/C11H19NO4/c1-12(16-2)9(13)7-11(8-10(14)15)5-3-4-6-11/h3-8H2,1-2H3,(H,14,15). The summed E-state index contributed by atoms with van der Waals surface area (Å²) >= 11 is 0. The van der Waals surface area contributed by atoms with Gasteiger partial charge in [0.2, 0.25) is 5.91 Å². The molecule has 0 aromatic carbocycles. The second-order valence-electron chi connectivity index (χ2n) is 4.53. The van der Waals surface area contributed by atoms with Crippen LogP contribution in [0.4, 0.5) is 0 Å². The highest BCUT2D eigenvalue weighted by Crippen LogP contribution is 2.44. The molecule has 1 aliphatic rings. The Morgan fingerprint density at radius 2 is 1.88 bits per heavy atom. The first-order valence-electron chi connectivity index (χ1n) is 5.51. The van der Waals surface area contributed by atoms with Gasteiger partial charge in [0.05, 0.1) is 13.5 Å². The van der Waals surface area contributed by atoms with Crippen LogP contribution in [0.2, 0.25) is 0 Å². The smallest absolute Gasteiger partial charge is 0.303 e. The molecule has 92 valence electrons. The third-order valence-electron chi connectivity index (χ3n) is 3.34. The topological polar surface area (TPSA) is 66.8 Å². The van der Waals surface area contributed by atoms with Crippen molar-refractivity contribution >= 4 is 11.9 Å². The summed E-state index contributed by atoms with van der Waals surface area (Å²) in [4.78, 5) is 27.4. The fourth-order valence-corrected chi connectivity index (χ4v) is 2.40. The van der Waals surface area contributed by atoms with E-state index in [9.17, 15) is 9.59 Å². The molecular weight excluding hydrogens is 210 g/mol. The van der Waals surface area contributed by atoms with Crippen molar-refractivity contribution in [2.45, 2.75) is 38.5 Å². The minimum Gasteiger partial charge on any atom is -0.481 e. The molecule has 1 rings (SSSR count). The number of carbonyl (C=O) groups excluding carboxylic acids is 1. The Hall–Kier alpha value is -1.10. The first kappa shape index (κ1) is 13.0. The van der Waals surface area contributed by atoms with E-state index in [4.69, 9.17) is 9.94 Å². The number of rotatable bonds is 5. The number of nitrogens with zero attached hydrogens (tertiary/aromatic N) is 1. The predicted molar refractivity (Wildman–Crippen MR) is 57.5 cm³/mol. The molecule has 0 aromatic heterocycles. The number of aliphatic carboxylic acids is 1. The van der Waals surface area contributed by atoms with E-state index in [2.05, 4.69) is 0 Å². The zero-order chi connectivity index (χ0) is 12.2. The minimum atomic E-state index is -0.824. The summed E-state index contributed by atoms with van der Waals surface area (Å²) in [5.74, 6) is -0.972. The molecule has 0 heterocycles. The predicted octanol–water partition coefficient (Wildman–Crippen LogP) is 1.43. The van der Waals surface area contributed by atoms with Crippen LogP contribution >= 0.6 is 0 Å². The molecule has 1 fully saturated rings. The van der Waals surface area contributed by atoms with Crippen LogP contribution in [0.3, 0.4) is 0 Å².